The molecule has 0 saturated heterocycles. The van der Waals surface area contributed by atoms with E-state index < -0.39 is 29.6 Å². The zero-order chi connectivity index (χ0) is 26.2. The van der Waals surface area contributed by atoms with E-state index in [4.69, 9.17) is 9.47 Å². The van der Waals surface area contributed by atoms with Crippen molar-refractivity contribution in [1.82, 2.24) is 10.2 Å². The van der Waals surface area contributed by atoms with Gasteiger partial charge in [0.1, 0.15) is 29.7 Å². The molecule has 0 spiro atoms. The van der Waals surface area contributed by atoms with Crippen LogP contribution in [0.2, 0.25) is 0 Å². The summed E-state index contributed by atoms with van der Waals surface area (Å²) in [5.41, 5.74) is 0.0456. The van der Waals surface area contributed by atoms with Gasteiger partial charge in [-0.2, -0.15) is 0 Å². The molecule has 2 unspecified atom stereocenters. The molecule has 0 aliphatic heterocycles. The lowest BCUT2D eigenvalue weighted by Crippen LogP contribution is -2.50. The Bertz CT molecular complexity index is 1020. The summed E-state index contributed by atoms with van der Waals surface area (Å²) in [6, 6.07) is 11.6. The third kappa shape index (κ3) is 7.91. The van der Waals surface area contributed by atoms with Gasteiger partial charge in [-0.3, -0.25) is 9.59 Å². The van der Waals surface area contributed by atoms with Crippen LogP contribution in [0.5, 0.6) is 11.5 Å². The zero-order valence-corrected chi connectivity index (χ0v) is 21.1. The maximum absolute atomic E-state index is 13.6. The van der Waals surface area contributed by atoms with E-state index in [2.05, 4.69) is 10.6 Å². The van der Waals surface area contributed by atoms with Gasteiger partial charge in [-0.25, -0.2) is 4.79 Å². The lowest BCUT2D eigenvalue weighted by molar-refractivity contribution is -0.140. The van der Waals surface area contributed by atoms with E-state index in [1.807, 2.05) is 6.92 Å². The predicted molar refractivity (Wildman–Crippen MR) is 133 cm³/mol. The van der Waals surface area contributed by atoms with Crippen LogP contribution >= 0.6 is 0 Å². The van der Waals surface area contributed by atoms with Crippen molar-refractivity contribution in [3.8, 4) is 11.5 Å². The number of nitrogens with one attached hydrogen (secondary N) is 2. The van der Waals surface area contributed by atoms with Gasteiger partial charge in [-0.15, -0.1) is 0 Å². The van der Waals surface area contributed by atoms with Crippen molar-refractivity contribution in [2.75, 3.05) is 19.0 Å². The first-order chi connectivity index (χ1) is 16.5. The summed E-state index contributed by atoms with van der Waals surface area (Å²) < 4.78 is 10.4. The van der Waals surface area contributed by atoms with Crippen LogP contribution in [-0.4, -0.2) is 53.2 Å². The van der Waals surface area contributed by atoms with E-state index >= 15 is 0 Å². The molecular formula is C26H35N3O6. The molecule has 0 aliphatic carbocycles. The number of benzene rings is 2. The fourth-order valence-corrected chi connectivity index (χ4v) is 3.42. The van der Waals surface area contributed by atoms with Crippen molar-refractivity contribution >= 4 is 23.6 Å². The summed E-state index contributed by atoms with van der Waals surface area (Å²) in [6.45, 7) is 8.47. The van der Waals surface area contributed by atoms with Gasteiger partial charge in [0, 0.05) is 17.3 Å². The molecule has 0 aliphatic rings. The number of amides is 3. The van der Waals surface area contributed by atoms with E-state index in [1.54, 1.807) is 77.3 Å². The number of aromatic hydroxyl groups is 1. The monoisotopic (exact) mass is 485 g/mol. The minimum Gasteiger partial charge on any atom is -0.508 e. The van der Waals surface area contributed by atoms with Crippen LogP contribution in [0.1, 0.15) is 52.6 Å². The van der Waals surface area contributed by atoms with Gasteiger partial charge in [0.25, 0.3) is 5.91 Å². The number of alkyl carbamates (subject to hydrolysis) is 1. The number of phenolic OH excluding ortho intramolecular Hbond substituents is 1. The average Bonchev–Trinajstić information content (AvgIpc) is 2.80. The number of carbonyl (C=O) groups excluding carboxylic acids is 3. The largest absolute Gasteiger partial charge is 0.508 e. The fourth-order valence-electron chi connectivity index (χ4n) is 3.42. The van der Waals surface area contributed by atoms with Gasteiger partial charge >= 0.3 is 6.09 Å². The molecule has 0 heterocycles. The van der Waals surface area contributed by atoms with Crippen LogP contribution in [0, 0.1) is 0 Å². The molecule has 0 saturated carbocycles. The number of phenols is 1. The molecule has 2 aromatic carbocycles. The van der Waals surface area contributed by atoms with E-state index in [0.29, 0.717) is 17.9 Å². The van der Waals surface area contributed by atoms with Gasteiger partial charge in [-0.1, -0.05) is 25.1 Å². The number of anilines is 1. The third-order valence-electron chi connectivity index (χ3n) is 5.25. The summed E-state index contributed by atoms with van der Waals surface area (Å²) >= 11 is 0. The molecule has 9 heteroatoms. The molecular weight excluding hydrogens is 450 g/mol. The summed E-state index contributed by atoms with van der Waals surface area (Å²) in [5, 5.41) is 15.8. The van der Waals surface area contributed by atoms with Crippen LogP contribution < -0.4 is 15.4 Å². The van der Waals surface area contributed by atoms with E-state index in [1.165, 1.54) is 11.0 Å². The highest BCUT2D eigenvalue weighted by molar-refractivity contribution is 5.99. The molecule has 9 nitrogen and oxygen atoms in total. The van der Waals surface area contributed by atoms with Gasteiger partial charge in [0.05, 0.1) is 7.11 Å². The Kier molecular flexibility index (Phi) is 9.50. The molecule has 2 atom stereocenters. The third-order valence-corrected chi connectivity index (χ3v) is 5.25. The number of ether oxygens (including phenoxy) is 2. The summed E-state index contributed by atoms with van der Waals surface area (Å²) in [5.74, 6) is -0.501. The number of methoxy groups -OCH3 is 1. The van der Waals surface area contributed by atoms with E-state index in [0.717, 1.165) is 0 Å². The van der Waals surface area contributed by atoms with E-state index in [9.17, 15) is 19.5 Å². The van der Waals surface area contributed by atoms with Crippen LogP contribution in [0.25, 0.3) is 0 Å². The second kappa shape index (κ2) is 12.1. The first-order valence-corrected chi connectivity index (χ1v) is 11.5. The highest BCUT2D eigenvalue weighted by atomic mass is 16.6. The number of nitrogens with zero attached hydrogens (tertiary/aromatic N) is 1. The Hall–Kier alpha value is -3.75. The first-order valence-electron chi connectivity index (χ1n) is 11.5. The van der Waals surface area contributed by atoms with Crippen molar-refractivity contribution in [3.63, 3.8) is 0 Å². The number of hydrogen-bond donors (Lipinski definition) is 3. The van der Waals surface area contributed by atoms with Crippen LogP contribution in [0.15, 0.2) is 48.5 Å². The Labute approximate surface area is 206 Å². The number of rotatable bonds is 9. The standard InChI is InChI=1S/C26H35N3O6/c1-7-17(2)29(22(31)16-27-25(33)35-26(3,4)5)23(20-10-8-9-11-21(20)30)24(32)28-18-12-14-19(34-6)15-13-18/h8-15,17,23,30H,7,16H2,1-6H3,(H,27,33)(H,28,32). The normalized spacial score (nSPS) is 12.7. The number of hydrogen-bond acceptors (Lipinski definition) is 6. The first kappa shape index (κ1) is 27.5. The molecule has 0 fully saturated rings. The van der Waals surface area contributed by atoms with Crippen molar-refractivity contribution in [1.29, 1.82) is 0 Å². The fraction of sp³-hybridized carbons (Fsp3) is 0.423. The van der Waals surface area contributed by atoms with E-state index in [-0.39, 0.29) is 23.9 Å². The number of para-hydroxylation sites is 1. The maximum atomic E-state index is 13.6. The van der Waals surface area contributed by atoms with Gasteiger partial charge < -0.3 is 30.1 Å². The molecule has 190 valence electrons. The summed E-state index contributed by atoms with van der Waals surface area (Å²) in [6.07, 6.45) is -0.199. The minimum absolute atomic E-state index is 0.122. The molecule has 3 amide bonds. The zero-order valence-electron chi connectivity index (χ0n) is 21.1. The predicted octanol–water partition coefficient (Wildman–Crippen LogP) is 4.23. The second-order valence-corrected chi connectivity index (χ2v) is 9.09. The van der Waals surface area contributed by atoms with Gasteiger partial charge in [-0.05, 0) is 64.4 Å². The van der Waals surface area contributed by atoms with Crippen molar-refractivity contribution in [2.24, 2.45) is 0 Å². The van der Waals surface area contributed by atoms with Crippen LogP contribution in [0.3, 0.4) is 0 Å². The molecule has 0 bridgehead atoms. The minimum atomic E-state index is -1.15. The van der Waals surface area contributed by atoms with Crippen molar-refractivity contribution in [2.45, 2.75) is 58.7 Å². The SMILES string of the molecule is CCC(C)N(C(=O)CNC(=O)OC(C)(C)C)C(C(=O)Nc1ccc(OC)cc1)c1ccccc1O. The molecule has 3 N–H and O–H groups in total. The molecule has 2 rings (SSSR count). The van der Waals surface area contributed by atoms with Crippen molar-refractivity contribution < 1.29 is 29.0 Å². The Morgan fingerprint density at radius 1 is 1.06 bits per heavy atom. The summed E-state index contributed by atoms with van der Waals surface area (Å²) in [4.78, 5) is 40.4. The molecule has 0 aromatic heterocycles. The molecule has 35 heavy (non-hydrogen) atoms. The van der Waals surface area contributed by atoms with Gasteiger partial charge in [0.15, 0.2) is 0 Å². The molecule has 2 aromatic rings. The second-order valence-electron chi connectivity index (χ2n) is 9.09. The van der Waals surface area contributed by atoms with Crippen molar-refractivity contribution in [3.05, 3.63) is 54.1 Å². The van der Waals surface area contributed by atoms with Crippen LogP contribution in [-0.2, 0) is 14.3 Å². The number of carbonyl (C=O) groups is 3. The lowest BCUT2D eigenvalue weighted by atomic mass is 10.00. The topological polar surface area (TPSA) is 117 Å². The van der Waals surface area contributed by atoms with Crippen LogP contribution in [0.4, 0.5) is 10.5 Å². The Morgan fingerprint density at radius 3 is 2.23 bits per heavy atom. The summed E-state index contributed by atoms with van der Waals surface area (Å²) in [7, 11) is 1.54. The average molecular weight is 486 g/mol. The van der Waals surface area contributed by atoms with Gasteiger partial charge in [0.2, 0.25) is 5.91 Å². The Balaban J connectivity index is 2.38. The quantitative estimate of drug-likeness (QED) is 0.489. The molecule has 0 radical (unpaired) electrons. The smallest absolute Gasteiger partial charge is 0.408 e. The lowest BCUT2D eigenvalue weighted by Gasteiger charge is -2.36. The Morgan fingerprint density at radius 2 is 1.69 bits per heavy atom. The maximum Gasteiger partial charge on any atom is 0.408 e. The highest BCUT2D eigenvalue weighted by Gasteiger charge is 2.36. The highest BCUT2D eigenvalue weighted by Crippen LogP contribution is 2.32.